The van der Waals surface area contributed by atoms with Gasteiger partial charge in [0.05, 0.1) is 0 Å². The highest BCUT2D eigenvalue weighted by atomic mass is 35.5. The van der Waals surface area contributed by atoms with Crippen molar-refractivity contribution in [2.45, 2.75) is 33.4 Å². The Morgan fingerprint density at radius 3 is 2.29 bits per heavy atom. The fourth-order valence-electron chi connectivity index (χ4n) is 2.50. The van der Waals surface area contributed by atoms with Crippen molar-refractivity contribution in [3.8, 4) is 5.75 Å². The highest BCUT2D eigenvalue weighted by Gasteiger charge is 2.26. The van der Waals surface area contributed by atoms with Crippen LogP contribution in [0.1, 0.15) is 37.9 Å². The van der Waals surface area contributed by atoms with Gasteiger partial charge < -0.3 is 10.4 Å². The van der Waals surface area contributed by atoms with Gasteiger partial charge >= 0.3 is 0 Å². The lowest BCUT2D eigenvalue weighted by Gasteiger charge is -2.32. The molecule has 0 saturated heterocycles. The van der Waals surface area contributed by atoms with Gasteiger partial charge in [-0.25, -0.2) is 0 Å². The van der Waals surface area contributed by atoms with Gasteiger partial charge in [0, 0.05) is 23.2 Å². The van der Waals surface area contributed by atoms with Crippen molar-refractivity contribution in [2.75, 3.05) is 0 Å². The van der Waals surface area contributed by atoms with Gasteiger partial charge in [-0.2, -0.15) is 0 Å². The Labute approximate surface area is 131 Å². The molecule has 0 spiro atoms. The maximum atomic E-state index is 9.95. The van der Waals surface area contributed by atoms with Crippen LogP contribution in [0.15, 0.2) is 48.5 Å². The Morgan fingerprint density at radius 1 is 1.05 bits per heavy atom. The van der Waals surface area contributed by atoms with Crippen molar-refractivity contribution in [1.82, 2.24) is 5.32 Å². The molecule has 2 aromatic carbocycles. The molecule has 0 aliphatic carbocycles. The van der Waals surface area contributed by atoms with Crippen LogP contribution in [-0.4, -0.2) is 5.11 Å². The number of rotatable bonds is 4. The molecule has 2 N–H and O–H groups in total. The summed E-state index contributed by atoms with van der Waals surface area (Å²) in [6.45, 7) is 7.13. The molecule has 2 nitrogen and oxygen atoms in total. The first-order chi connectivity index (χ1) is 9.89. The van der Waals surface area contributed by atoms with E-state index in [0.29, 0.717) is 11.6 Å². The molecule has 0 fully saturated rings. The van der Waals surface area contributed by atoms with Crippen molar-refractivity contribution in [1.29, 1.82) is 0 Å². The predicted molar refractivity (Wildman–Crippen MR) is 88.6 cm³/mol. The number of aromatic hydroxyl groups is 1. The Kier molecular flexibility index (Phi) is 4.92. The van der Waals surface area contributed by atoms with Gasteiger partial charge in [0.15, 0.2) is 0 Å². The number of hydrogen-bond donors (Lipinski definition) is 2. The van der Waals surface area contributed by atoms with Crippen molar-refractivity contribution >= 4 is 11.6 Å². The lowest BCUT2D eigenvalue weighted by Crippen LogP contribution is -2.32. The Balaban J connectivity index is 2.22. The van der Waals surface area contributed by atoms with Gasteiger partial charge in [0.1, 0.15) is 5.75 Å². The molecule has 0 radical (unpaired) electrons. The molecule has 0 aliphatic heterocycles. The Morgan fingerprint density at radius 2 is 1.71 bits per heavy atom. The molecule has 0 amide bonds. The quantitative estimate of drug-likeness (QED) is 0.840. The lowest BCUT2D eigenvalue weighted by atomic mass is 9.82. The van der Waals surface area contributed by atoms with Gasteiger partial charge in [0.25, 0.3) is 0 Å². The number of hydrogen-bond acceptors (Lipinski definition) is 2. The van der Waals surface area contributed by atoms with Crippen LogP contribution >= 0.6 is 11.6 Å². The van der Waals surface area contributed by atoms with E-state index in [1.807, 2.05) is 18.2 Å². The molecule has 21 heavy (non-hydrogen) atoms. The first kappa shape index (κ1) is 15.9. The molecule has 2 rings (SSSR count). The summed E-state index contributed by atoms with van der Waals surface area (Å²) in [6.07, 6.45) is 0. The summed E-state index contributed by atoms with van der Waals surface area (Å²) in [6, 6.07) is 15.7. The van der Waals surface area contributed by atoms with Gasteiger partial charge in [-0.1, -0.05) is 68.8 Å². The fourth-order valence-corrected chi connectivity index (χ4v) is 2.73. The zero-order valence-electron chi connectivity index (χ0n) is 12.7. The van der Waals surface area contributed by atoms with Crippen LogP contribution in [0.3, 0.4) is 0 Å². The van der Waals surface area contributed by atoms with Crippen LogP contribution in [0, 0.1) is 5.41 Å². The third-order valence-electron chi connectivity index (χ3n) is 3.58. The highest BCUT2D eigenvalue weighted by Crippen LogP contribution is 2.34. The van der Waals surface area contributed by atoms with Gasteiger partial charge in [-0.3, -0.25) is 0 Å². The van der Waals surface area contributed by atoms with Crippen LogP contribution in [0.5, 0.6) is 5.75 Å². The molecule has 0 bridgehead atoms. The molecule has 2 aromatic rings. The minimum atomic E-state index is 0.0538. The first-order valence-corrected chi connectivity index (χ1v) is 7.52. The number of phenols is 1. The number of nitrogens with one attached hydrogen (secondary N) is 1. The fraction of sp³-hybridized carbons (Fsp3) is 0.333. The zero-order chi connectivity index (χ0) is 15.5. The van der Waals surface area contributed by atoms with Crippen LogP contribution in [0.25, 0.3) is 0 Å². The van der Waals surface area contributed by atoms with E-state index < -0.39 is 0 Å². The van der Waals surface area contributed by atoms with Crippen LogP contribution in [0.2, 0.25) is 5.02 Å². The SMILES string of the molecule is CC(C)(C)C(NCc1c(O)cccc1Cl)c1ccccc1. The van der Waals surface area contributed by atoms with Crippen LogP contribution in [-0.2, 0) is 6.54 Å². The highest BCUT2D eigenvalue weighted by molar-refractivity contribution is 6.31. The third-order valence-corrected chi connectivity index (χ3v) is 3.93. The monoisotopic (exact) mass is 303 g/mol. The minimum Gasteiger partial charge on any atom is -0.508 e. The van der Waals surface area contributed by atoms with E-state index in [9.17, 15) is 5.11 Å². The van der Waals surface area contributed by atoms with Gasteiger partial charge in [0.2, 0.25) is 0 Å². The summed E-state index contributed by atoms with van der Waals surface area (Å²) >= 11 is 6.17. The summed E-state index contributed by atoms with van der Waals surface area (Å²) in [5.74, 6) is 0.232. The minimum absolute atomic E-state index is 0.0538. The molecule has 0 saturated carbocycles. The van der Waals surface area contributed by atoms with E-state index >= 15 is 0 Å². The maximum Gasteiger partial charge on any atom is 0.121 e. The predicted octanol–water partition coefficient (Wildman–Crippen LogP) is 4.92. The Hall–Kier alpha value is -1.51. The van der Waals surface area contributed by atoms with Crippen LogP contribution < -0.4 is 5.32 Å². The molecule has 1 unspecified atom stereocenters. The van der Waals surface area contributed by atoms with E-state index in [1.165, 1.54) is 5.56 Å². The normalized spacial score (nSPS) is 13.1. The standard InChI is InChI=1S/C18H22ClNO/c1-18(2,3)17(13-8-5-4-6-9-13)20-12-14-15(19)10-7-11-16(14)21/h4-11,17,20-21H,12H2,1-3H3. The average molecular weight is 304 g/mol. The molecule has 1 atom stereocenters. The summed E-state index contributed by atoms with van der Waals surface area (Å²) in [4.78, 5) is 0. The van der Waals surface area contributed by atoms with E-state index in [1.54, 1.807) is 18.2 Å². The summed E-state index contributed by atoms with van der Waals surface area (Å²) < 4.78 is 0. The lowest BCUT2D eigenvalue weighted by molar-refractivity contribution is 0.270. The third kappa shape index (κ3) is 3.99. The van der Waals surface area contributed by atoms with Crippen molar-refractivity contribution in [3.63, 3.8) is 0 Å². The first-order valence-electron chi connectivity index (χ1n) is 7.14. The second kappa shape index (κ2) is 6.50. The van der Waals surface area contributed by atoms with Crippen molar-refractivity contribution < 1.29 is 5.11 Å². The second-order valence-corrected chi connectivity index (χ2v) is 6.74. The summed E-state index contributed by atoms with van der Waals surface area (Å²) in [5, 5.41) is 14.1. The zero-order valence-corrected chi connectivity index (χ0v) is 13.5. The smallest absolute Gasteiger partial charge is 0.121 e. The maximum absolute atomic E-state index is 9.95. The molecule has 0 aliphatic rings. The van der Waals surface area contributed by atoms with E-state index in [2.05, 4.69) is 38.2 Å². The number of phenolic OH excluding ortho intramolecular Hbond substituents is 1. The summed E-state index contributed by atoms with van der Waals surface area (Å²) in [7, 11) is 0. The number of benzene rings is 2. The topological polar surface area (TPSA) is 32.3 Å². The van der Waals surface area contributed by atoms with Gasteiger partial charge in [-0.15, -0.1) is 0 Å². The van der Waals surface area contributed by atoms with Crippen molar-refractivity contribution in [2.24, 2.45) is 5.41 Å². The van der Waals surface area contributed by atoms with E-state index in [4.69, 9.17) is 11.6 Å². The second-order valence-electron chi connectivity index (χ2n) is 6.33. The van der Waals surface area contributed by atoms with Crippen LogP contribution in [0.4, 0.5) is 0 Å². The van der Waals surface area contributed by atoms with Crippen molar-refractivity contribution in [3.05, 3.63) is 64.7 Å². The average Bonchev–Trinajstić information content (AvgIpc) is 2.42. The molecular formula is C18H22ClNO. The van der Waals surface area contributed by atoms with Gasteiger partial charge in [-0.05, 0) is 23.1 Å². The largest absolute Gasteiger partial charge is 0.508 e. The molecule has 112 valence electrons. The molecule has 0 heterocycles. The van der Waals surface area contributed by atoms with E-state index in [-0.39, 0.29) is 17.2 Å². The number of halogens is 1. The molecule has 0 aromatic heterocycles. The molecular weight excluding hydrogens is 282 g/mol. The van der Waals surface area contributed by atoms with E-state index in [0.717, 1.165) is 5.56 Å². The molecule has 3 heteroatoms. The summed E-state index contributed by atoms with van der Waals surface area (Å²) in [5.41, 5.74) is 2.03. The Bertz CT molecular complexity index is 570.